The Morgan fingerprint density at radius 2 is 1.76 bits per heavy atom. The summed E-state index contributed by atoms with van der Waals surface area (Å²) < 4.78 is 43.6. The summed E-state index contributed by atoms with van der Waals surface area (Å²) in [7, 11) is 0.375. The molecule has 0 unspecified atom stereocenters. The Kier molecular flexibility index (Phi) is 5.94. The van der Waals surface area contributed by atoms with E-state index in [0.717, 1.165) is 11.6 Å². The van der Waals surface area contributed by atoms with Crippen molar-refractivity contribution in [2.75, 3.05) is 27.9 Å². The number of hydrogen-bond donors (Lipinski definition) is 0. The number of nitrogens with zero attached hydrogens (tertiary/aromatic N) is 2. The maximum absolute atomic E-state index is 13.3. The van der Waals surface area contributed by atoms with Gasteiger partial charge in [0.1, 0.15) is 11.5 Å². The SMILES string of the molecule is COc1ccc([C@@H]2CCCN2S(=O)(=O)c2ccc(OC)c([N+](=O)[O-])c2)c(OC)c1. The van der Waals surface area contributed by atoms with E-state index in [0.29, 0.717) is 30.9 Å². The maximum atomic E-state index is 13.3. The van der Waals surface area contributed by atoms with E-state index < -0.39 is 26.7 Å². The first-order valence-electron chi connectivity index (χ1n) is 8.89. The number of nitro groups is 1. The largest absolute Gasteiger partial charge is 0.497 e. The quantitative estimate of drug-likeness (QED) is 0.498. The molecule has 1 aliphatic rings. The van der Waals surface area contributed by atoms with Crippen LogP contribution >= 0.6 is 0 Å². The molecule has 1 aliphatic heterocycles. The van der Waals surface area contributed by atoms with Crippen LogP contribution in [0.3, 0.4) is 0 Å². The molecule has 3 rings (SSSR count). The van der Waals surface area contributed by atoms with E-state index in [1.165, 1.54) is 37.8 Å². The minimum atomic E-state index is -3.97. The Morgan fingerprint density at radius 1 is 1.03 bits per heavy atom. The minimum absolute atomic E-state index is 0.00347. The highest BCUT2D eigenvalue weighted by molar-refractivity contribution is 7.89. The van der Waals surface area contributed by atoms with E-state index in [4.69, 9.17) is 14.2 Å². The van der Waals surface area contributed by atoms with Gasteiger partial charge in [-0.05, 0) is 31.0 Å². The van der Waals surface area contributed by atoms with Gasteiger partial charge >= 0.3 is 5.69 Å². The van der Waals surface area contributed by atoms with Crippen molar-refractivity contribution >= 4 is 15.7 Å². The predicted molar refractivity (Wildman–Crippen MR) is 105 cm³/mol. The molecule has 1 fully saturated rings. The molecular formula is C19H22N2O7S. The van der Waals surface area contributed by atoms with Gasteiger partial charge in [0.25, 0.3) is 0 Å². The zero-order valence-corrected chi connectivity index (χ0v) is 17.1. The summed E-state index contributed by atoms with van der Waals surface area (Å²) in [6.45, 7) is 0.308. The third kappa shape index (κ3) is 3.85. The van der Waals surface area contributed by atoms with Crippen LogP contribution in [0.25, 0.3) is 0 Å². The summed E-state index contributed by atoms with van der Waals surface area (Å²) in [6, 6.07) is 8.45. The summed E-state index contributed by atoms with van der Waals surface area (Å²) in [6.07, 6.45) is 1.28. The van der Waals surface area contributed by atoms with Crippen molar-refractivity contribution in [1.82, 2.24) is 4.31 Å². The Hall–Kier alpha value is -2.85. The zero-order chi connectivity index (χ0) is 21.2. The van der Waals surface area contributed by atoms with E-state index in [-0.39, 0.29) is 10.6 Å². The topological polar surface area (TPSA) is 108 Å². The fraction of sp³-hybridized carbons (Fsp3) is 0.368. The van der Waals surface area contributed by atoms with Gasteiger partial charge < -0.3 is 14.2 Å². The summed E-state index contributed by atoms with van der Waals surface area (Å²) in [5.41, 5.74) is 0.323. The molecule has 29 heavy (non-hydrogen) atoms. The molecule has 0 N–H and O–H groups in total. The average molecular weight is 422 g/mol. The lowest BCUT2D eigenvalue weighted by Gasteiger charge is -2.26. The monoisotopic (exact) mass is 422 g/mol. The van der Waals surface area contributed by atoms with Gasteiger partial charge in [0.15, 0.2) is 5.75 Å². The van der Waals surface area contributed by atoms with Crippen LogP contribution in [0.1, 0.15) is 24.4 Å². The number of sulfonamides is 1. The van der Waals surface area contributed by atoms with E-state index >= 15 is 0 Å². The van der Waals surface area contributed by atoms with Crippen molar-refractivity contribution in [2.45, 2.75) is 23.8 Å². The second-order valence-electron chi connectivity index (χ2n) is 6.47. The Balaban J connectivity index is 2.03. The Bertz CT molecular complexity index is 1020. The molecule has 0 aromatic heterocycles. The first-order chi connectivity index (χ1) is 13.8. The summed E-state index contributed by atoms with van der Waals surface area (Å²) >= 11 is 0. The van der Waals surface area contributed by atoms with Gasteiger partial charge in [0.2, 0.25) is 10.0 Å². The molecule has 10 heteroatoms. The van der Waals surface area contributed by atoms with Gasteiger partial charge in [0, 0.05) is 24.2 Å². The summed E-state index contributed by atoms with van der Waals surface area (Å²) in [4.78, 5) is 10.5. The number of nitro benzene ring substituents is 1. The maximum Gasteiger partial charge on any atom is 0.312 e. The van der Waals surface area contributed by atoms with E-state index in [1.54, 1.807) is 18.2 Å². The van der Waals surface area contributed by atoms with Crippen LogP contribution in [0.5, 0.6) is 17.2 Å². The van der Waals surface area contributed by atoms with Gasteiger partial charge in [-0.3, -0.25) is 10.1 Å². The molecule has 2 aromatic carbocycles. The fourth-order valence-electron chi connectivity index (χ4n) is 3.54. The van der Waals surface area contributed by atoms with Crippen LogP contribution in [-0.2, 0) is 10.0 Å². The number of rotatable bonds is 7. The van der Waals surface area contributed by atoms with Crippen LogP contribution in [0.15, 0.2) is 41.3 Å². The zero-order valence-electron chi connectivity index (χ0n) is 16.3. The molecule has 2 aromatic rings. The fourth-order valence-corrected chi connectivity index (χ4v) is 5.24. The third-order valence-corrected chi connectivity index (χ3v) is 6.86. The highest BCUT2D eigenvalue weighted by Gasteiger charge is 2.38. The Labute approximate surface area is 169 Å². The summed E-state index contributed by atoms with van der Waals surface area (Å²) in [5.74, 6) is 1.13. The van der Waals surface area contributed by atoms with Crippen molar-refractivity contribution in [2.24, 2.45) is 0 Å². The van der Waals surface area contributed by atoms with Gasteiger partial charge in [-0.15, -0.1) is 0 Å². The van der Waals surface area contributed by atoms with Crippen LogP contribution in [0.2, 0.25) is 0 Å². The molecule has 0 spiro atoms. The minimum Gasteiger partial charge on any atom is -0.497 e. The predicted octanol–water partition coefficient (Wildman–Crippen LogP) is 3.15. The first-order valence-corrected chi connectivity index (χ1v) is 10.3. The molecule has 1 heterocycles. The lowest BCUT2D eigenvalue weighted by Crippen LogP contribution is -2.31. The summed E-state index contributed by atoms with van der Waals surface area (Å²) in [5, 5.41) is 11.3. The van der Waals surface area contributed by atoms with Crippen LogP contribution in [-0.4, -0.2) is 45.5 Å². The second kappa shape index (κ2) is 8.26. The molecule has 0 saturated carbocycles. The van der Waals surface area contributed by atoms with Gasteiger partial charge in [0.05, 0.1) is 37.2 Å². The van der Waals surface area contributed by atoms with E-state index in [1.807, 2.05) is 0 Å². The molecule has 0 bridgehead atoms. The van der Waals surface area contributed by atoms with E-state index in [9.17, 15) is 18.5 Å². The van der Waals surface area contributed by atoms with Crippen LogP contribution in [0, 0.1) is 10.1 Å². The number of hydrogen-bond acceptors (Lipinski definition) is 7. The number of methoxy groups -OCH3 is 3. The molecule has 0 amide bonds. The number of benzene rings is 2. The highest BCUT2D eigenvalue weighted by Crippen LogP contribution is 2.42. The van der Waals surface area contributed by atoms with E-state index in [2.05, 4.69) is 0 Å². The smallest absolute Gasteiger partial charge is 0.312 e. The molecule has 0 radical (unpaired) electrons. The third-order valence-electron chi connectivity index (χ3n) is 4.96. The standard InChI is InChI=1S/C19H22N2O7S/c1-26-13-6-8-15(19(11-13)28-3)16-5-4-10-20(16)29(24,25)14-7-9-18(27-2)17(12-14)21(22)23/h6-9,11-12,16H,4-5,10H2,1-3H3/t16-/m0/s1. The van der Waals surface area contributed by atoms with Gasteiger partial charge in [-0.2, -0.15) is 4.31 Å². The molecule has 1 atom stereocenters. The van der Waals surface area contributed by atoms with Crippen molar-refractivity contribution < 1.29 is 27.6 Å². The number of ether oxygens (including phenoxy) is 3. The Morgan fingerprint density at radius 3 is 2.38 bits per heavy atom. The van der Waals surface area contributed by atoms with Crippen molar-refractivity contribution in [3.63, 3.8) is 0 Å². The molecule has 1 saturated heterocycles. The highest BCUT2D eigenvalue weighted by atomic mass is 32.2. The van der Waals surface area contributed by atoms with Crippen molar-refractivity contribution in [3.8, 4) is 17.2 Å². The average Bonchev–Trinajstić information content (AvgIpc) is 3.23. The lowest BCUT2D eigenvalue weighted by molar-refractivity contribution is -0.386. The molecular weight excluding hydrogens is 400 g/mol. The molecule has 156 valence electrons. The first kappa shape index (κ1) is 20.9. The van der Waals surface area contributed by atoms with Gasteiger partial charge in [-0.25, -0.2) is 8.42 Å². The lowest BCUT2D eigenvalue weighted by atomic mass is 10.0. The van der Waals surface area contributed by atoms with Gasteiger partial charge in [-0.1, -0.05) is 6.07 Å². The second-order valence-corrected chi connectivity index (χ2v) is 8.36. The molecule has 0 aliphatic carbocycles. The van der Waals surface area contributed by atoms with Crippen LogP contribution < -0.4 is 14.2 Å². The normalized spacial score (nSPS) is 17.1. The van der Waals surface area contributed by atoms with Crippen molar-refractivity contribution in [1.29, 1.82) is 0 Å². The molecule has 9 nitrogen and oxygen atoms in total. The van der Waals surface area contributed by atoms with Crippen molar-refractivity contribution in [3.05, 3.63) is 52.1 Å². The van der Waals surface area contributed by atoms with Crippen LogP contribution in [0.4, 0.5) is 5.69 Å².